The molecule has 6 nitrogen and oxygen atoms in total. The van der Waals surface area contributed by atoms with E-state index >= 15 is 0 Å². The Kier molecular flexibility index (Phi) is 6.54. The van der Waals surface area contributed by atoms with Gasteiger partial charge in [-0.05, 0) is 38.0 Å². The molecular formula is C27H30N2O4. The lowest BCUT2D eigenvalue weighted by atomic mass is 9.98. The van der Waals surface area contributed by atoms with Crippen LogP contribution in [0.2, 0.25) is 0 Å². The Morgan fingerprint density at radius 3 is 2.33 bits per heavy atom. The van der Waals surface area contributed by atoms with Crippen molar-refractivity contribution < 1.29 is 18.7 Å². The van der Waals surface area contributed by atoms with E-state index in [4.69, 9.17) is 9.15 Å². The van der Waals surface area contributed by atoms with E-state index in [1.165, 1.54) is 5.56 Å². The summed E-state index contributed by atoms with van der Waals surface area (Å²) < 4.78 is 11.7. The number of ether oxygens (including phenoxy) is 1. The number of hydrogen-bond acceptors (Lipinski definition) is 4. The normalized spacial score (nSPS) is 14.6. The quantitative estimate of drug-likeness (QED) is 0.523. The van der Waals surface area contributed by atoms with Crippen molar-refractivity contribution in [2.75, 3.05) is 32.8 Å². The SMILES string of the molecule is CCOc1cc2occ(-c3ccc(C)cc3)c2cc1/C(C)=C/C(=O)N1CCN(C(C)=O)CC1. The molecule has 0 aliphatic carbocycles. The van der Waals surface area contributed by atoms with Gasteiger partial charge in [0, 0.05) is 61.8 Å². The first-order chi connectivity index (χ1) is 15.9. The van der Waals surface area contributed by atoms with Gasteiger partial charge in [-0.15, -0.1) is 0 Å². The summed E-state index contributed by atoms with van der Waals surface area (Å²) in [7, 11) is 0. The van der Waals surface area contributed by atoms with Gasteiger partial charge in [-0.1, -0.05) is 29.8 Å². The van der Waals surface area contributed by atoms with Crippen LogP contribution in [-0.4, -0.2) is 54.4 Å². The number of benzene rings is 2. The number of nitrogens with zero attached hydrogens (tertiary/aromatic N) is 2. The lowest BCUT2D eigenvalue weighted by Crippen LogP contribution is -2.49. The molecule has 1 aliphatic rings. The number of fused-ring (bicyclic) bond motifs is 1. The molecule has 1 saturated heterocycles. The van der Waals surface area contributed by atoms with Crippen LogP contribution in [0.25, 0.3) is 27.7 Å². The first-order valence-corrected chi connectivity index (χ1v) is 11.4. The summed E-state index contributed by atoms with van der Waals surface area (Å²) >= 11 is 0. The van der Waals surface area contributed by atoms with Crippen molar-refractivity contribution in [1.29, 1.82) is 0 Å². The van der Waals surface area contributed by atoms with Crippen LogP contribution in [0.5, 0.6) is 5.75 Å². The minimum Gasteiger partial charge on any atom is -0.493 e. The van der Waals surface area contributed by atoms with Crippen molar-refractivity contribution in [3.05, 3.63) is 59.9 Å². The maximum Gasteiger partial charge on any atom is 0.246 e. The molecule has 2 aromatic carbocycles. The van der Waals surface area contributed by atoms with Crippen LogP contribution in [-0.2, 0) is 9.59 Å². The number of furan rings is 1. The molecule has 0 saturated carbocycles. The lowest BCUT2D eigenvalue weighted by Gasteiger charge is -2.33. The minimum atomic E-state index is -0.0517. The third kappa shape index (κ3) is 4.80. The van der Waals surface area contributed by atoms with E-state index in [2.05, 4.69) is 31.2 Å². The van der Waals surface area contributed by atoms with Gasteiger partial charge in [0.05, 0.1) is 12.9 Å². The highest BCUT2D eigenvalue weighted by atomic mass is 16.5. The van der Waals surface area contributed by atoms with Gasteiger partial charge in [0.15, 0.2) is 0 Å². The number of piperazine rings is 1. The first-order valence-electron chi connectivity index (χ1n) is 11.4. The van der Waals surface area contributed by atoms with Gasteiger partial charge in [0.2, 0.25) is 11.8 Å². The van der Waals surface area contributed by atoms with Crippen LogP contribution in [0.1, 0.15) is 31.9 Å². The van der Waals surface area contributed by atoms with E-state index in [0.29, 0.717) is 38.5 Å². The molecule has 33 heavy (non-hydrogen) atoms. The number of hydrogen-bond donors (Lipinski definition) is 0. The topological polar surface area (TPSA) is 63.0 Å². The highest BCUT2D eigenvalue weighted by molar-refractivity contribution is 6.00. The molecule has 0 N–H and O–H groups in total. The van der Waals surface area contributed by atoms with E-state index in [1.807, 2.05) is 26.0 Å². The van der Waals surface area contributed by atoms with Gasteiger partial charge < -0.3 is 19.0 Å². The van der Waals surface area contributed by atoms with Crippen LogP contribution < -0.4 is 4.74 Å². The summed E-state index contributed by atoms with van der Waals surface area (Å²) in [5.41, 5.74) is 5.74. The summed E-state index contributed by atoms with van der Waals surface area (Å²) in [5.74, 6) is 0.690. The largest absolute Gasteiger partial charge is 0.493 e. The zero-order valence-electron chi connectivity index (χ0n) is 19.7. The van der Waals surface area contributed by atoms with Gasteiger partial charge in [-0.3, -0.25) is 9.59 Å². The van der Waals surface area contributed by atoms with Crippen LogP contribution in [0.4, 0.5) is 0 Å². The summed E-state index contributed by atoms with van der Waals surface area (Å²) in [6, 6.07) is 12.3. The number of allylic oxidation sites excluding steroid dienone is 1. The van der Waals surface area contributed by atoms with Gasteiger partial charge in [0.1, 0.15) is 11.3 Å². The first kappa shape index (κ1) is 22.6. The highest BCUT2D eigenvalue weighted by Gasteiger charge is 2.22. The number of rotatable bonds is 5. The van der Waals surface area contributed by atoms with Crippen molar-refractivity contribution in [3.63, 3.8) is 0 Å². The zero-order valence-corrected chi connectivity index (χ0v) is 19.7. The molecule has 172 valence electrons. The van der Waals surface area contributed by atoms with Gasteiger partial charge in [-0.25, -0.2) is 0 Å². The number of carbonyl (C=O) groups excluding carboxylic acids is 2. The highest BCUT2D eigenvalue weighted by Crippen LogP contribution is 2.37. The van der Waals surface area contributed by atoms with Crippen LogP contribution in [0.3, 0.4) is 0 Å². The summed E-state index contributed by atoms with van der Waals surface area (Å²) in [5, 5.41) is 0.979. The van der Waals surface area contributed by atoms with Crippen molar-refractivity contribution >= 4 is 28.4 Å². The smallest absolute Gasteiger partial charge is 0.246 e. The molecule has 0 spiro atoms. The Bertz CT molecular complexity index is 1200. The predicted molar refractivity (Wildman–Crippen MR) is 130 cm³/mol. The van der Waals surface area contributed by atoms with Crippen LogP contribution in [0, 0.1) is 6.92 Å². The van der Waals surface area contributed by atoms with Gasteiger partial charge in [-0.2, -0.15) is 0 Å². The number of carbonyl (C=O) groups is 2. The Hall–Kier alpha value is -3.54. The average molecular weight is 447 g/mol. The summed E-state index contributed by atoms with van der Waals surface area (Å²) in [4.78, 5) is 28.1. The Morgan fingerprint density at radius 1 is 1.03 bits per heavy atom. The molecular weight excluding hydrogens is 416 g/mol. The standard InChI is InChI=1S/C27H30N2O4/c1-5-32-25-16-26-23(24(17-33-26)21-8-6-18(2)7-9-21)15-22(25)19(3)14-27(31)29-12-10-28(11-13-29)20(4)30/h6-9,14-17H,5,10-13H2,1-4H3/b19-14+. The molecule has 0 bridgehead atoms. The Balaban J connectivity index is 1.66. The van der Waals surface area contributed by atoms with Crippen molar-refractivity contribution in [1.82, 2.24) is 9.80 Å². The van der Waals surface area contributed by atoms with Crippen LogP contribution >= 0.6 is 0 Å². The second-order valence-electron chi connectivity index (χ2n) is 8.45. The second kappa shape index (κ2) is 9.53. The molecule has 6 heteroatoms. The fourth-order valence-electron chi connectivity index (χ4n) is 4.19. The number of aryl methyl sites for hydroxylation is 1. The number of amides is 2. The zero-order chi connectivity index (χ0) is 23.5. The summed E-state index contributed by atoms with van der Waals surface area (Å²) in [6.07, 6.45) is 3.44. The minimum absolute atomic E-state index is 0.0490. The van der Waals surface area contributed by atoms with Gasteiger partial charge >= 0.3 is 0 Å². The van der Waals surface area contributed by atoms with E-state index in [-0.39, 0.29) is 11.8 Å². The molecule has 1 aromatic heterocycles. The second-order valence-corrected chi connectivity index (χ2v) is 8.45. The third-order valence-corrected chi connectivity index (χ3v) is 6.14. The van der Waals surface area contributed by atoms with E-state index in [1.54, 1.807) is 29.1 Å². The molecule has 1 fully saturated rings. The lowest BCUT2D eigenvalue weighted by molar-refractivity contribution is -0.135. The van der Waals surface area contributed by atoms with E-state index in [9.17, 15) is 9.59 Å². The third-order valence-electron chi connectivity index (χ3n) is 6.14. The monoisotopic (exact) mass is 446 g/mol. The predicted octanol–water partition coefficient (Wildman–Crippen LogP) is 4.90. The van der Waals surface area contributed by atoms with Gasteiger partial charge in [0.25, 0.3) is 0 Å². The molecule has 3 aromatic rings. The Morgan fingerprint density at radius 2 is 1.70 bits per heavy atom. The molecule has 4 rings (SSSR count). The van der Waals surface area contributed by atoms with Crippen LogP contribution in [0.15, 0.2) is 53.2 Å². The van der Waals surface area contributed by atoms with E-state index in [0.717, 1.165) is 33.2 Å². The van der Waals surface area contributed by atoms with Crippen molar-refractivity contribution in [3.8, 4) is 16.9 Å². The average Bonchev–Trinajstić information content (AvgIpc) is 3.22. The summed E-state index contributed by atoms with van der Waals surface area (Å²) in [6.45, 7) is 10.2. The fourth-order valence-corrected chi connectivity index (χ4v) is 4.19. The molecule has 2 heterocycles. The molecule has 1 aliphatic heterocycles. The fraction of sp³-hybridized carbons (Fsp3) is 0.333. The maximum absolute atomic E-state index is 12.9. The van der Waals surface area contributed by atoms with Crippen molar-refractivity contribution in [2.45, 2.75) is 27.7 Å². The van der Waals surface area contributed by atoms with Crippen molar-refractivity contribution in [2.24, 2.45) is 0 Å². The molecule has 2 amide bonds. The molecule has 0 atom stereocenters. The maximum atomic E-state index is 12.9. The Labute approximate surface area is 194 Å². The molecule has 0 unspecified atom stereocenters. The molecule has 0 radical (unpaired) electrons. The van der Waals surface area contributed by atoms with E-state index < -0.39 is 0 Å².